The minimum absolute atomic E-state index is 0. The van der Waals surface area contributed by atoms with Crippen LogP contribution in [-0.2, 0) is 37.2 Å². The summed E-state index contributed by atoms with van der Waals surface area (Å²) >= 11 is 0. The van der Waals surface area contributed by atoms with E-state index in [1.165, 1.54) is 11.1 Å². The minimum atomic E-state index is 0. The molecule has 0 unspecified atom stereocenters. The summed E-state index contributed by atoms with van der Waals surface area (Å²) in [5.74, 6) is 1.78. The van der Waals surface area contributed by atoms with Gasteiger partial charge >= 0.3 is 0 Å². The molecular formula is C20H31Cl2N5O. The molecule has 0 aromatic carbocycles. The monoisotopic (exact) mass is 427 g/mol. The molecule has 2 aromatic rings. The number of aromatic nitrogens is 3. The number of fused-ring (bicyclic) bond motifs is 1. The first-order valence-electron chi connectivity index (χ1n) is 9.53. The van der Waals surface area contributed by atoms with Gasteiger partial charge in [-0.15, -0.1) is 24.8 Å². The molecule has 0 bridgehead atoms. The Bertz CT molecular complexity index is 727. The van der Waals surface area contributed by atoms with Crippen LogP contribution in [0.3, 0.4) is 0 Å². The highest BCUT2D eigenvalue weighted by molar-refractivity contribution is 5.85. The molecule has 0 saturated heterocycles. The fourth-order valence-corrected chi connectivity index (χ4v) is 3.22. The zero-order valence-corrected chi connectivity index (χ0v) is 18.5. The van der Waals surface area contributed by atoms with Crippen molar-refractivity contribution in [3.63, 3.8) is 0 Å². The van der Waals surface area contributed by atoms with Crippen LogP contribution >= 0.6 is 24.8 Å². The van der Waals surface area contributed by atoms with Crippen LogP contribution in [0.4, 0.5) is 5.82 Å². The minimum Gasteiger partial charge on any atom is -0.374 e. The highest BCUT2D eigenvalue weighted by Gasteiger charge is 2.19. The van der Waals surface area contributed by atoms with E-state index in [-0.39, 0.29) is 24.8 Å². The van der Waals surface area contributed by atoms with Crippen molar-refractivity contribution >= 4 is 30.6 Å². The highest BCUT2D eigenvalue weighted by Crippen LogP contribution is 2.24. The molecule has 0 spiro atoms. The normalized spacial score (nSPS) is 13.0. The maximum atomic E-state index is 5.55. The van der Waals surface area contributed by atoms with Crippen LogP contribution in [0, 0.1) is 0 Å². The molecule has 0 saturated carbocycles. The van der Waals surface area contributed by atoms with Gasteiger partial charge in [-0.2, -0.15) is 0 Å². The lowest BCUT2D eigenvalue weighted by atomic mass is 10.1. The first-order chi connectivity index (χ1) is 12.7. The highest BCUT2D eigenvalue weighted by atomic mass is 35.5. The fraction of sp³-hybridized carbons (Fsp3) is 0.550. The van der Waals surface area contributed by atoms with Crippen molar-refractivity contribution in [2.45, 2.75) is 46.3 Å². The van der Waals surface area contributed by atoms with E-state index < -0.39 is 0 Å². The summed E-state index contributed by atoms with van der Waals surface area (Å²) in [6.07, 6.45) is 4.86. The molecule has 0 radical (unpaired) electrons. The van der Waals surface area contributed by atoms with Gasteiger partial charge in [-0.1, -0.05) is 13.0 Å². The summed E-state index contributed by atoms with van der Waals surface area (Å²) in [6, 6.07) is 4.26. The Morgan fingerprint density at radius 2 is 1.89 bits per heavy atom. The number of rotatable bonds is 7. The van der Waals surface area contributed by atoms with Crippen molar-refractivity contribution in [1.82, 2.24) is 20.3 Å². The first kappa shape index (κ1) is 24.6. The van der Waals surface area contributed by atoms with Gasteiger partial charge in [0.25, 0.3) is 0 Å². The SMILES string of the molecule is CCOCc1nc2c(c(N(C)Cc3ccc(CC)cn3)n1)CCNCC2.Cl.Cl. The van der Waals surface area contributed by atoms with Gasteiger partial charge < -0.3 is 15.0 Å². The molecule has 1 aliphatic rings. The van der Waals surface area contributed by atoms with Crippen molar-refractivity contribution in [2.75, 3.05) is 31.6 Å². The van der Waals surface area contributed by atoms with E-state index in [4.69, 9.17) is 14.7 Å². The molecule has 6 nitrogen and oxygen atoms in total. The standard InChI is InChI=1S/C20H29N5O.2ClH/c1-4-15-6-7-16(22-12-15)13-25(3)20-17-8-10-21-11-9-18(17)23-19(24-20)14-26-5-2;;/h6-7,12,21H,4-5,8-11,13-14H2,1-3H3;2*1H. The fourth-order valence-electron chi connectivity index (χ4n) is 3.22. The van der Waals surface area contributed by atoms with Gasteiger partial charge in [-0.3, -0.25) is 4.98 Å². The first-order valence-corrected chi connectivity index (χ1v) is 9.53. The van der Waals surface area contributed by atoms with Crippen molar-refractivity contribution in [3.05, 3.63) is 46.7 Å². The Morgan fingerprint density at radius 1 is 1.11 bits per heavy atom. The van der Waals surface area contributed by atoms with Crippen LogP contribution in [0.25, 0.3) is 0 Å². The predicted molar refractivity (Wildman–Crippen MR) is 118 cm³/mol. The molecule has 8 heteroatoms. The van der Waals surface area contributed by atoms with Crippen LogP contribution < -0.4 is 10.2 Å². The molecule has 156 valence electrons. The van der Waals surface area contributed by atoms with Crippen molar-refractivity contribution < 1.29 is 4.74 Å². The molecule has 2 aromatic heterocycles. The Labute approximate surface area is 180 Å². The van der Waals surface area contributed by atoms with Gasteiger partial charge in [0.1, 0.15) is 12.4 Å². The molecule has 3 rings (SSSR count). The number of hydrogen-bond acceptors (Lipinski definition) is 6. The van der Waals surface area contributed by atoms with E-state index in [0.29, 0.717) is 13.2 Å². The number of hydrogen-bond donors (Lipinski definition) is 1. The van der Waals surface area contributed by atoms with Gasteiger partial charge in [0.05, 0.1) is 17.9 Å². The van der Waals surface area contributed by atoms with Crippen LogP contribution in [-0.4, -0.2) is 41.7 Å². The van der Waals surface area contributed by atoms with Gasteiger partial charge in [0.15, 0.2) is 5.82 Å². The molecular weight excluding hydrogens is 397 g/mol. The third-order valence-electron chi connectivity index (χ3n) is 4.70. The van der Waals surface area contributed by atoms with Crippen LogP contribution in [0.1, 0.15) is 42.2 Å². The number of anilines is 1. The predicted octanol–water partition coefficient (Wildman–Crippen LogP) is 3.14. The summed E-state index contributed by atoms with van der Waals surface area (Å²) in [4.78, 5) is 16.4. The zero-order valence-electron chi connectivity index (χ0n) is 16.9. The number of nitrogens with zero attached hydrogens (tertiary/aromatic N) is 4. The molecule has 1 aliphatic heterocycles. The number of pyridine rings is 1. The Hall–Kier alpha value is -1.47. The van der Waals surface area contributed by atoms with Crippen LogP contribution in [0.5, 0.6) is 0 Å². The van der Waals surface area contributed by atoms with E-state index in [9.17, 15) is 0 Å². The third-order valence-corrected chi connectivity index (χ3v) is 4.70. The topological polar surface area (TPSA) is 63.2 Å². The second kappa shape index (κ2) is 12.2. The molecule has 1 N–H and O–H groups in total. The van der Waals surface area contributed by atoms with Crippen LogP contribution in [0.2, 0.25) is 0 Å². The lowest BCUT2D eigenvalue weighted by Gasteiger charge is -2.23. The number of nitrogens with one attached hydrogen (secondary N) is 1. The van der Waals surface area contributed by atoms with Gasteiger partial charge in [-0.25, -0.2) is 9.97 Å². The second-order valence-corrected chi connectivity index (χ2v) is 6.64. The molecule has 3 heterocycles. The summed E-state index contributed by atoms with van der Waals surface area (Å²) in [6.45, 7) is 7.92. The third kappa shape index (κ3) is 6.27. The summed E-state index contributed by atoms with van der Waals surface area (Å²) in [5, 5.41) is 3.46. The van der Waals surface area contributed by atoms with E-state index in [2.05, 4.69) is 41.3 Å². The number of ether oxygens (including phenoxy) is 1. The average molecular weight is 428 g/mol. The van der Waals surface area contributed by atoms with Gasteiger partial charge in [0, 0.05) is 38.4 Å². The summed E-state index contributed by atoms with van der Waals surface area (Å²) in [5.41, 5.74) is 4.71. The van der Waals surface area contributed by atoms with Gasteiger partial charge in [0.2, 0.25) is 0 Å². The van der Waals surface area contributed by atoms with E-state index in [1.807, 2.05) is 13.1 Å². The van der Waals surface area contributed by atoms with E-state index in [1.54, 1.807) is 0 Å². The van der Waals surface area contributed by atoms with Crippen molar-refractivity contribution in [1.29, 1.82) is 0 Å². The van der Waals surface area contributed by atoms with E-state index in [0.717, 1.165) is 61.9 Å². The maximum absolute atomic E-state index is 5.55. The van der Waals surface area contributed by atoms with Crippen molar-refractivity contribution in [3.8, 4) is 0 Å². The quantitative estimate of drug-likeness (QED) is 0.731. The zero-order chi connectivity index (χ0) is 18.4. The second-order valence-electron chi connectivity index (χ2n) is 6.64. The molecule has 0 amide bonds. The molecule has 0 atom stereocenters. The van der Waals surface area contributed by atoms with Crippen molar-refractivity contribution in [2.24, 2.45) is 0 Å². The Morgan fingerprint density at radius 3 is 2.57 bits per heavy atom. The number of aryl methyl sites for hydroxylation is 1. The largest absolute Gasteiger partial charge is 0.374 e. The van der Waals surface area contributed by atoms with Gasteiger partial charge in [-0.05, 0) is 37.9 Å². The lowest BCUT2D eigenvalue weighted by molar-refractivity contribution is 0.128. The molecule has 28 heavy (non-hydrogen) atoms. The Balaban J connectivity index is 0.00000196. The average Bonchev–Trinajstić information content (AvgIpc) is 2.91. The molecule has 0 aliphatic carbocycles. The summed E-state index contributed by atoms with van der Waals surface area (Å²) < 4.78 is 5.55. The lowest BCUT2D eigenvalue weighted by Crippen LogP contribution is -2.23. The van der Waals surface area contributed by atoms with E-state index >= 15 is 0 Å². The van der Waals surface area contributed by atoms with Crippen LogP contribution in [0.15, 0.2) is 18.3 Å². The Kier molecular flexibility index (Phi) is 10.7. The summed E-state index contributed by atoms with van der Waals surface area (Å²) in [7, 11) is 2.08. The maximum Gasteiger partial charge on any atom is 0.156 e. The number of halogens is 2. The molecule has 0 fully saturated rings. The smallest absolute Gasteiger partial charge is 0.156 e.